The van der Waals surface area contributed by atoms with Gasteiger partial charge in [-0.25, -0.2) is 0 Å². The lowest BCUT2D eigenvalue weighted by Gasteiger charge is -2.23. The summed E-state index contributed by atoms with van der Waals surface area (Å²) in [6.45, 7) is 5.12. The number of anilines is 1. The van der Waals surface area contributed by atoms with E-state index in [0.717, 1.165) is 0 Å². The molecule has 0 aliphatic carbocycles. The van der Waals surface area contributed by atoms with Crippen LogP contribution in [0.4, 0.5) is 11.6 Å². The first kappa shape index (κ1) is 14.9. The summed E-state index contributed by atoms with van der Waals surface area (Å²) < 4.78 is 1.54. The first-order valence-corrected chi connectivity index (χ1v) is 6.06. The Bertz CT molecular complexity index is 467. The van der Waals surface area contributed by atoms with Gasteiger partial charge in [-0.05, 0) is 23.8 Å². The van der Waals surface area contributed by atoms with Gasteiger partial charge in [-0.15, -0.1) is 0 Å². The Hall–Kier alpha value is -2.12. The zero-order valence-electron chi connectivity index (χ0n) is 11.7. The van der Waals surface area contributed by atoms with Gasteiger partial charge in [0, 0.05) is 27.2 Å². The van der Waals surface area contributed by atoms with E-state index < -0.39 is 4.92 Å². The molecule has 0 aromatic carbocycles. The highest BCUT2D eigenvalue weighted by Crippen LogP contribution is 2.24. The van der Waals surface area contributed by atoms with Crippen LogP contribution < -0.4 is 4.90 Å². The van der Waals surface area contributed by atoms with E-state index in [1.165, 1.54) is 10.9 Å². The van der Waals surface area contributed by atoms with E-state index in [0.29, 0.717) is 18.9 Å². The molecule has 8 heteroatoms. The number of amides is 1. The van der Waals surface area contributed by atoms with Gasteiger partial charge in [0.05, 0.1) is 6.54 Å². The molecule has 1 aromatic heterocycles. The maximum Gasteiger partial charge on any atom is 0.406 e. The SMILES string of the molecule is CCN(CC)C(=O)CN(C)c1c([N+](=O)[O-])ncn1C. The first-order valence-electron chi connectivity index (χ1n) is 6.06. The molecule has 0 N–H and O–H groups in total. The molecule has 0 saturated carbocycles. The molecular weight excluding hydrogens is 250 g/mol. The van der Waals surface area contributed by atoms with Crippen molar-refractivity contribution in [3.63, 3.8) is 0 Å². The number of hydrogen-bond donors (Lipinski definition) is 0. The van der Waals surface area contributed by atoms with Gasteiger partial charge in [-0.1, -0.05) is 0 Å². The van der Waals surface area contributed by atoms with Crippen molar-refractivity contribution in [2.75, 3.05) is 31.6 Å². The summed E-state index contributed by atoms with van der Waals surface area (Å²) in [6.07, 6.45) is 1.37. The molecule has 0 aliphatic heterocycles. The quantitative estimate of drug-likeness (QED) is 0.558. The van der Waals surface area contributed by atoms with E-state index in [9.17, 15) is 14.9 Å². The highest BCUT2D eigenvalue weighted by Gasteiger charge is 2.25. The Balaban J connectivity index is 2.89. The summed E-state index contributed by atoms with van der Waals surface area (Å²) in [6, 6.07) is 0. The fourth-order valence-corrected chi connectivity index (χ4v) is 1.93. The van der Waals surface area contributed by atoms with Crippen LogP contribution in [0.15, 0.2) is 6.33 Å². The monoisotopic (exact) mass is 269 g/mol. The number of imidazole rings is 1. The molecule has 0 radical (unpaired) electrons. The van der Waals surface area contributed by atoms with Crippen molar-refractivity contribution in [2.45, 2.75) is 13.8 Å². The van der Waals surface area contributed by atoms with Crippen molar-refractivity contribution in [3.8, 4) is 0 Å². The molecule has 0 bridgehead atoms. The zero-order valence-corrected chi connectivity index (χ0v) is 11.7. The second-order valence-corrected chi connectivity index (χ2v) is 4.18. The predicted octanol–water partition coefficient (Wildman–Crippen LogP) is 0.633. The summed E-state index contributed by atoms with van der Waals surface area (Å²) >= 11 is 0. The number of likely N-dealkylation sites (N-methyl/N-ethyl adjacent to an activating group) is 2. The van der Waals surface area contributed by atoms with Crippen molar-refractivity contribution >= 4 is 17.5 Å². The first-order chi connectivity index (χ1) is 8.92. The van der Waals surface area contributed by atoms with E-state index >= 15 is 0 Å². The van der Waals surface area contributed by atoms with Crippen LogP contribution in [-0.4, -0.2) is 52.0 Å². The molecule has 0 aliphatic rings. The predicted molar refractivity (Wildman–Crippen MR) is 71.1 cm³/mol. The van der Waals surface area contributed by atoms with Gasteiger partial charge >= 0.3 is 5.82 Å². The molecule has 1 heterocycles. The normalized spacial score (nSPS) is 10.3. The van der Waals surface area contributed by atoms with Crippen LogP contribution in [0, 0.1) is 10.1 Å². The number of carbonyl (C=O) groups is 1. The summed E-state index contributed by atoms with van der Waals surface area (Å²) in [7, 11) is 3.30. The standard InChI is InChI=1S/C11H19N5O3/c1-5-15(6-2)9(17)7-13(3)11-10(16(18)19)12-8-14(11)4/h8H,5-7H2,1-4H3. The molecule has 19 heavy (non-hydrogen) atoms. The molecule has 0 fully saturated rings. The lowest BCUT2D eigenvalue weighted by atomic mass is 10.4. The Morgan fingerprint density at radius 2 is 2.05 bits per heavy atom. The summed E-state index contributed by atoms with van der Waals surface area (Å²) in [5.41, 5.74) is 0. The summed E-state index contributed by atoms with van der Waals surface area (Å²) in [5.74, 6) is 0.0193. The Morgan fingerprint density at radius 1 is 1.47 bits per heavy atom. The molecule has 1 amide bonds. The molecule has 0 unspecified atom stereocenters. The third-order valence-electron chi connectivity index (χ3n) is 2.91. The lowest BCUT2D eigenvalue weighted by Crippen LogP contribution is -2.39. The van der Waals surface area contributed by atoms with Crippen LogP contribution in [0.1, 0.15) is 13.8 Å². The van der Waals surface area contributed by atoms with Crippen LogP contribution in [-0.2, 0) is 11.8 Å². The molecule has 1 rings (SSSR count). The molecule has 106 valence electrons. The average Bonchev–Trinajstić information content (AvgIpc) is 2.72. The van der Waals surface area contributed by atoms with Gasteiger partial charge in [0.25, 0.3) is 0 Å². The van der Waals surface area contributed by atoms with Gasteiger partial charge in [0.2, 0.25) is 18.1 Å². The van der Waals surface area contributed by atoms with Crippen molar-refractivity contribution in [1.82, 2.24) is 14.5 Å². The highest BCUT2D eigenvalue weighted by molar-refractivity contribution is 5.81. The van der Waals surface area contributed by atoms with E-state index in [1.54, 1.807) is 23.9 Å². The molecule has 0 atom stereocenters. The van der Waals surface area contributed by atoms with Gasteiger partial charge in [0.1, 0.15) is 0 Å². The fraction of sp³-hybridized carbons (Fsp3) is 0.636. The summed E-state index contributed by atoms with van der Waals surface area (Å²) in [4.78, 5) is 29.3. The second kappa shape index (κ2) is 6.17. The van der Waals surface area contributed by atoms with Crippen LogP contribution in [0.5, 0.6) is 0 Å². The van der Waals surface area contributed by atoms with Crippen LogP contribution >= 0.6 is 0 Å². The summed E-state index contributed by atoms with van der Waals surface area (Å²) in [5, 5.41) is 10.9. The number of aryl methyl sites for hydroxylation is 1. The zero-order chi connectivity index (χ0) is 14.6. The van der Waals surface area contributed by atoms with Crippen molar-refractivity contribution in [2.24, 2.45) is 7.05 Å². The molecule has 1 aromatic rings. The average molecular weight is 269 g/mol. The number of nitrogens with zero attached hydrogens (tertiary/aromatic N) is 5. The second-order valence-electron chi connectivity index (χ2n) is 4.18. The molecule has 8 nitrogen and oxygen atoms in total. The maximum atomic E-state index is 12.0. The van der Waals surface area contributed by atoms with Gasteiger partial charge in [0.15, 0.2) is 0 Å². The third kappa shape index (κ3) is 3.21. The topological polar surface area (TPSA) is 84.5 Å². The number of nitro groups is 1. The minimum atomic E-state index is -0.548. The molecule has 0 saturated heterocycles. The van der Waals surface area contributed by atoms with Crippen LogP contribution in [0.3, 0.4) is 0 Å². The smallest absolute Gasteiger partial charge is 0.358 e. The molecular formula is C11H19N5O3. The van der Waals surface area contributed by atoms with E-state index in [1.807, 2.05) is 13.8 Å². The highest BCUT2D eigenvalue weighted by atomic mass is 16.6. The van der Waals surface area contributed by atoms with Crippen LogP contribution in [0.25, 0.3) is 0 Å². The van der Waals surface area contributed by atoms with Crippen molar-refractivity contribution < 1.29 is 9.72 Å². The Labute approximate surface area is 111 Å². The number of carbonyl (C=O) groups excluding carboxylic acids is 1. The van der Waals surface area contributed by atoms with E-state index in [4.69, 9.17) is 0 Å². The largest absolute Gasteiger partial charge is 0.406 e. The van der Waals surface area contributed by atoms with Gasteiger partial charge in [-0.3, -0.25) is 9.36 Å². The maximum absolute atomic E-state index is 12.0. The van der Waals surface area contributed by atoms with E-state index in [2.05, 4.69) is 4.98 Å². The number of aromatic nitrogens is 2. The Kier molecular flexibility index (Phi) is 4.85. The Morgan fingerprint density at radius 3 is 2.53 bits per heavy atom. The van der Waals surface area contributed by atoms with Crippen molar-refractivity contribution in [1.29, 1.82) is 0 Å². The molecule has 0 spiro atoms. The lowest BCUT2D eigenvalue weighted by molar-refractivity contribution is -0.388. The minimum absolute atomic E-state index is 0.0667. The van der Waals surface area contributed by atoms with Gasteiger partial charge in [-0.2, -0.15) is 0 Å². The minimum Gasteiger partial charge on any atom is -0.358 e. The van der Waals surface area contributed by atoms with E-state index in [-0.39, 0.29) is 18.3 Å². The fourth-order valence-electron chi connectivity index (χ4n) is 1.93. The number of rotatable bonds is 6. The number of hydrogen-bond acceptors (Lipinski definition) is 5. The van der Waals surface area contributed by atoms with Crippen molar-refractivity contribution in [3.05, 3.63) is 16.4 Å². The van der Waals surface area contributed by atoms with Crippen LogP contribution in [0.2, 0.25) is 0 Å². The van der Waals surface area contributed by atoms with Gasteiger partial charge < -0.3 is 19.9 Å². The third-order valence-corrected chi connectivity index (χ3v) is 2.91.